The van der Waals surface area contributed by atoms with Crippen molar-refractivity contribution in [2.75, 3.05) is 5.32 Å². The van der Waals surface area contributed by atoms with E-state index in [1.165, 1.54) is 4.68 Å². The largest absolute Gasteiger partial charge is 0.353 e. The number of aryl methyl sites for hydroxylation is 2. The SMILES string of the molecule is CCn1nc(C)c([N+](=O)[O-])c1NC1CCC(=O)NC1=O. The van der Waals surface area contributed by atoms with Crippen LogP contribution in [0.2, 0.25) is 0 Å². The molecule has 0 aromatic carbocycles. The van der Waals surface area contributed by atoms with Crippen LogP contribution in [0.25, 0.3) is 0 Å². The Bertz CT molecular complexity index is 580. The van der Waals surface area contributed by atoms with Crippen LogP contribution in [0.4, 0.5) is 11.5 Å². The summed E-state index contributed by atoms with van der Waals surface area (Å²) in [6.07, 6.45) is 0.506. The molecule has 1 fully saturated rings. The van der Waals surface area contributed by atoms with E-state index in [0.717, 1.165) is 0 Å². The third-order valence-electron chi connectivity index (χ3n) is 3.13. The Morgan fingerprint density at radius 1 is 1.55 bits per heavy atom. The van der Waals surface area contributed by atoms with E-state index in [1.54, 1.807) is 13.8 Å². The van der Waals surface area contributed by atoms with E-state index in [2.05, 4.69) is 15.7 Å². The molecule has 0 saturated carbocycles. The highest BCUT2D eigenvalue weighted by Crippen LogP contribution is 2.29. The second-order valence-electron chi connectivity index (χ2n) is 4.50. The Labute approximate surface area is 114 Å². The minimum Gasteiger partial charge on any atom is -0.353 e. The molecule has 1 atom stereocenters. The Morgan fingerprint density at radius 2 is 2.25 bits per heavy atom. The van der Waals surface area contributed by atoms with Gasteiger partial charge in [0, 0.05) is 13.0 Å². The van der Waals surface area contributed by atoms with Gasteiger partial charge in [-0.25, -0.2) is 4.68 Å². The number of hydrogen-bond acceptors (Lipinski definition) is 6. The van der Waals surface area contributed by atoms with Crippen LogP contribution in [0, 0.1) is 17.0 Å². The second kappa shape index (κ2) is 5.27. The molecule has 2 N–H and O–H groups in total. The van der Waals surface area contributed by atoms with Crippen LogP contribution in [0.5, 0.6) is 0 Å². The van der Waals surface area contributed by atoms with Crippen molar-refractivity contribution in [3.63, 3.8) is 0 Å². The van der Waals surface area contributed by atoms with Gasteiger partial charge in [-0.15, -0.1) is 0 Å². The maximum absolute atomic E-state index is 11.7. The lowest BCUT2D eigenvalue weighted by Gasteiger charge is -2.22. The first-order chi connectivity index (χ1) is 9.43. The molecule has 9 heteroatoms. The molecule has 2 amide bonds. The van der Waals surface area contributed by atoms with Gasteiger partial charge in [0.1, 0.15) is 11.7 Å². The summed E-state index contributed by atoms with van der Waals surface area (Å²) >= 11 is 0. The normalized spacial score (nSPS) is 18.8. The average Bonchev–Trinajstić information content (AvgIpc) is 2.69. The van der Waals surface area contributed by atoms with Gasteiger partial charge >= 0.3 is 5.69 Å². The van der Waals surface area contributed by atoms with Gasteiger partial charge in [-0.2, -0.15) is 5.10 Å². The topological polar surface area (TPSA) is 119 Å². The molecule has 1 aromatic heterocycles. The van der Waals surface area contributed by atoms with Crippen molar-refractivity contribution in [3.8, 4) is 0 Å². The fourth-order valence-corrected chi connectivity index (χ4v) is 2.16. The van der Waals surface area contributed by atoms with Crippen molar-refractivity contribution in [3.05, 3.63) is 15.8 Å². The fourth-order valence-electron chi connectivity index (χ4n) is 2.16. The number of anilines is 1. The minimum absolute atomic E-state index is 0.142. The van der Waals surface area contributed by atoms with Gasteiger partial charge in [-0.1, -0.05) is 0 Å². The van der Waals surface area contributed by atoms with Crippen LogP contribution in [0.3, 0.4) is 0 Å². The molecule has 2 rings (SSSR count). The average molecular weight is 281 g/mol. The first-order valence-electron chi connectivity index (χ1n) is 6.26. The monoisotopic (exact) mass is 281 g/mol. The summed E-state index contributed by atoms with van der Waals surface area (Å²) in [5, 5.41) is 20.2. The number of amides is 2. The van der Waals surface area contributed by atoms with Gasteiger partial charge in [0.2, 0.25) is 17.6 Å². The quantitative estimate of drug-likeness (QED) is 0.466. The van der Waals surface area contributed by atoms with Crippen LogP contribution < -0.4 is 10.6 Å². The van der Waals surface area contributed by atoms with Crippen LogP contribution in [-0.2, 0) is 16.1 Å². The summed E-state index contributed by atoms with van der Waals surface area (Å²) in [5.74, 6) is -0.607. The number of carbonyl (C=O) groups is 2. The molecular weight excluding hydrogens is 266 g/mol. The summed E-state index contributed by atoms with van der Waals surface area (Å²) < 4.78 is 1.44. The van der Waals surface area contributed by atoms with E-state index >= 15 is 0 Å². The van der Waals surface area contributed by atoms with Gasteiger partial charge in [0.15, 0.2) is 0 Å². The Kier molecular flexibility index (Phi) is 3.68. The smallest absolute Gasteiger partial charge is 0.333 e. The maximum Gasteiger partial charge on any atom is 0.333 e. The molecule has 0 aliphatic carbocycles. The van der Waals surface area contributed by atoms with E-state index in [9.17, 15) is 19.7 Å². The Balaban J connectivity index is 2.30. The van der Waals surface area contributed by atoms with E-state index in [-0.39, 0.29) is 29.5 Å². The summed E-state index contributed by atoms with van der Waals surface area (Å²) in [5.41, 5.74) is 0.142. The summed E-state index contributed by atoms with van der Waals surface area (Å²) in [6, 6.07) is -0.673. The highest BCUT2D eigenvalue weighted by atomic mass is 16.6. The summed E-state index contributed by atoms with van der Waals surface area (Å²) in [4.78, 5) is 33.4. The molecule has 0 spiro atoms. The molecule has 9 nitrogen and oxygen atoms in total. The number of nitro groups is 1. The molecule has 0 radical (unpaired) electrons. The predicted molar refractivity (Wildman–Crippen MR) is 69.1 cm³/mol. The predicted octanol–water partition coefficient (Wildman–Crippen LogP) is 0.337. The van der Waals surface area contributed by atoms with Crippen molar-refractivity contribution in [2.45, 2.75) is 39.3 Å². The highest BCUT2D eigenvalue weighted by Gasteiger charge is 2.32. The number of piperidine rings is 1. The number of nitrogens with one attached hydrogen (secondary N) is 2. The first-order valence-corrected chi connectivity index (χ1v) is 6.26. The lowest BCUT2D eigenvalue weighted by molar-refractivity contribution is -0.384. The number of aromatic nitrogens is 2. The van der Waals surface area contributed by atoms with Crippen molar-refractivity contribution in [2.24, 2.45) is 0 Å². The lowest BCUT2D eigenvalue weighted by Crippen LogP contribution is -2.47. The summed E-state index contributed by atoms with van der Waals surface area (Å²) in [7, 11) is 0. The molecule has 0 bridgehead atoms. The van der Waals surface area contributed by atoms with Crippen LogP contribution in [0.15, 0.2) is 0 Å². The highest BCUT2D eigenvalue weighted by molar-refractivity contribution is 6.01. The van der Waals surface area contributed by atoms with E-state index in [0.29, 0.717) is 13.0 Å². The van der Waals surface area contributed by atoms with E-state index in [1.807, 2.05) is 0 Å². The van der Waals surface area contributed by atoms with E-state index < -0.39 is 16.9 Å². The molecule has 20 heavy (non-hydrogen) atoms. The fraction of sp³-hybridized carbons (Fsp3) is 0.545. The third-order valence-corrected chi connectivity index (χ3v) is 3.13. The van der Waals surface area contributed by atoms with Gasteiger partial charge < -0.3 is 5.32 Å². The van der Waals surface area contributed by atoms with E-state index in [4.69, 9.17) is 0 Å². The van der Waals surface area contributed by atoms with Crippen LogP contribution in [0.1, 0.15) is 25.5 Å². The van der Waals surface area contributed by atoms with Gasteiger partial charge in [0.25, 0.3) is 0 Å². The zero-order valence-electron chi connectivity index (χ0n) is 11.2. The molecule has 108 valence electrons. The first kappa shape index (κ1) is 14.0. The minimum atomic E-state index is -0.673. The van der Waals surface area contributed by atoms with Gasteiger partial charge in [-0.3, -0.25) is 25.0 Å². The number of nitrogens with zero attached hydrogens (tertiary/aromatic N) is 3. The Hall–Kier alpha value is -2.45. The number of imide groups is 1. The number of rotatable bonds is 4. The molecule has 2 heterocycles. The van der Waals surface area contributed by atoms with Crippen molar-refractivity contribution >= 4 is 23.3 Å². The van der Waals surface area contributed by atoms with Crippen LogP contribution >= 0.6 is 0 Å². The lowest BCUT2D eigenvalue weighted by atomic mass is 10.1. The van der Waals surface area contributed by atoms with Crippen molar-refractivity contribution in [1.29, 1.82) is 0 Å². The molecule has 1 aliphatic heterocycles. The standard InChI is InChI=1S/C11H15N5O4/c1-3-15-10(9(16(19)20)6(2)14-15)12-7-4-5-8(17)13-11(7)18/h7,12H,3-5H2,1-2H3,(H,13,17,18). The summed E-state index contributed by atoms with van der Waals surface area (Å²) in [6.45, 7) is 3.77. The number of carbonyl (C=O) groups excluding carboxylic acids is 2. The zero-order valence-corrected chi connectivity index (χ0v) is 11.2. The maximum atomic E-state index is 11.7. The molecule has 1 aliphatic rings. The number of hydrogen-bond donors (Lipinski definition) is 2. The molecule has 1 unspecified atom stereocenters. The second-order valence-corrected chi connectivity index (χ2v) is 4.50. The van der Waals surface area contributed by atoms with Gasteiger partial charge in [-0.05, 0) is 20.3 Å². The molecule has 1 saturated heterocycles. The Morgan fingerprint density at radius 3 is 2.80 bits per heavy atom. The molecular formula is C11H15N5O4. The third kappa shape index (κ3) is 2.46. The van der Waals surface area contributed by atoms with Crippen LogP contribution in [-0.4, -0.2) is 32.6 Å². The van der Waals surface area contributed by atoms with Gasteiger partial charge in [0.05, 0.1) is 4.92 Å². The zero-order chi connectivity index (χ0) is 14.9. The van der Waals surface area contributed by atoms with Crippen molar-refractivity contribution < 1.29 is 14.5 Å². The van der Waals surface area contributed by atoms with Crippen molar-refractivity contribution in [1.82, 2.24) is 15.1 Å². The molecule has 1 aromatic rings.